The van der Waals surface area contributed by atoms with E-state index < -0.39 is 42.2 Å². The number of benzene rings is 1. The molecule has 0 aliphatic carbocycles. The fourth-order valence-electron chi connectivity index (χ4n) is 1.91. The Kier molecular flexibility index (Phi) is 8.20. The van der Waals surface area contributed by atoms with Gasteiger partial charge in [-0.15, -0.1) is 0 Å². The first-order valence-electron chi connectivity index (χ1n) is 7.95. The van der Waals surface area contributed by atoms with Gasteiger partial charge in [-0.25, -0.2) is 9.18 Å². The van der Waals surface area contributed by atoms with Crippen LogP contribution in [0.4, 0.5) is 4.39 Å². The Hall–Kier alpha value is -2.97. The van der Waals surface area contributed by atoms with Gasteiger partial charge in [-0.2, -0.15) is 0 Å². The fourth-order valence-corrected chi connectivity index (χ4v) is 1.91. The third kappa shape index (κ3) is 6.50. The van der Waals surface area contributed by atoms with E-state index in [0.717, 1.165) is 6.07 Å². The molecule has 9 heteroatoms. The van der Waals surface area contributed by atoms with Gasteiger partial charge in [0.15, 0.2) is 6.61 Å². The largest absolute Gasteiger partial charge is 0.454 e. The van der Waals surface area contributed by atoms with E-state index in [1.165, 1.54) is 25.2 Å². The van der Waals surface area contributed by atoms with Crippen LogP contribution in [-0.2, 0) is 19.1 Å². The zero-order valence-corrected chi connectivity index (χ0v) is 14.8. The monoisotopic (exact) mass is 367 g/mol. The van der Waals surface area contributed by atoms with Crippen LogP contribution in [0.2, 0.25) is 0 Å². The second-order valence-corrected chi connectivity index (χ2v) is 5.73. The highest BCUT2D eigenvalue weighted by atomic mass is 19.1. The lowest BCUT2D eigenvalue weighted by atomic mass is 10.0. The third-order valence-electron chi connectivity index (χ3n) is 3.40. The lowest BCUT2D eigenvalue weighted by Crippen LogP contribution is -2.46. The van der Waals surface area contributed by atoms with Crippen molar-refractivity contribution in [1.82, 2.24) is 16.0 Å². The number of esters is 1. The van der Waals surface area contributed by atoms with Crippen molar-refractivity contribution in [3.05, 3.63) is 35.6 Å². The predicted molar refractivity (Wildman–Crippen MR) is 90.5 cm³/mol. The zero-order valence-electron chi connectivity index (χ0n) is 14.8. The number of likely N-dealkylation sites (N-methyl/N-ethyl adjacent to an activating group) is 1. The summed E-state index contributed by atoms with van der Waals surface area (Å²) in [6.45, 7) is 2.48. The van der Waals surface area contributed by atoms with Crippen molar-refractivity contribution in [2.75, 3.05) is 20.2 Å². The summed E-state index contributed by atoms with van der Waals surface area (Å²) in [5, 5.41) is 6.99. The van der Waals surface area contributed by atoms with E-state index in [2.05, 4.69) is 16.0 Å². The molecule has 8 nitrogen and oxygen atoms in total. The fraction of sp³-hybridized carbons (Fsp3) is 0.412. The molecule has 26 heavy (non-hydrogen) atoms. The van der Waals surface area contributed by atoms with Gasteiger partial charge >= 0.3 is 5.97 Å². The molecule has 1 aromatic rings. The summed E-state index contributed by atoms with van der Waals surface area (Å²) in [4.78, 5) is 46.9. The number of ether oxygens (including phenoxy) is 1. The predicted octanol–water partition coefficient (Wildman–Crippen LogP) is -0.0145. The number of rotatable bonds is 8. The summed E-state index contributed by atoms with van der Waals surface area (Å²) >= 11 is 0. The van der Waals surface area contributed by atoms with E-state index >= 15 is 0 Å². The summed E-state index contributed by atoms with van der Waals surface area (Å²) in [5.41, 5.74) is -0.200. The maximum atomic E-state index is 13.7. The molecular formula is C17H22FN3O5. The van der Waals surface area contributed by atoms with Crippen LogP contribution in [0.1, 0.15) is 24.2 Å². The third-order valence-corrected chi connectivity index (χ3v) is 3.40. The quantitative estimate of drug-likeness (QED) is 0.559. The van der Waals surface area contributed by atoms with Crippen molar-refractivity contribution in [3.63, 3.8) is 0 Å². The maximum Gasteiger partial charge on any atom is 0.329 e. The lowest BCUT2D eigenvalue weighted by Gasteiger charge is -2.21. The Morgan fingerprint density at radius 3 is 2.35 bits per heavy atom. The highest BCUT2D eigenvalue weighted by Gasteiger charge is 2.27. The number of hydrogen-bond donors (Lipinski definition) is 3. The SMILES string of the molecule is CNC(=O)CNC(=O)COC(=O)[C@@H](NC(=O)c1ccccc1F)C(C)C. The second-order valence-electron chi connectivity index (χ2n) is 5.73. The highest BCUT2D eigenvalue weighted by Crippen LogP contribution is 2.09. The van der Waals surface area contributed by atoms with Crippen LogP contribution >= 0.6 is 0 Å². The number of nitrogens with one attached hydrogen (secondary N) is 3. The molecule has 1 rings (SSSR count). The van der Waals surface area contributed by atoms with Crippen LogP contribution in [0.3, 0.4) is 0 Å². The Bertz CT molecular complexity index is 678. The normalized spacial score (nSPS) is 11.4. The van der Waals surface area contributed by atoms with Crippen molar-refractivity contribution in [1.29, 1.82) is 0 Å². The first kappa shape index (κ1) is 21.1. The Morgan fingerprint density at radius 2 is 1.77 bits per heavy atom. The minimum absolute atomic E-state index is 0.200. The number of amides is 3. The molecule has 0 saturated carbocycles. The summed E-state index contributed by atoms with van der Waals surface area (Å²) in [5.74, 6) is -3.73. The molecule has 1 aromatic carbocycles. The molecule has 0 aromatic heterocycles. The molecule has 3 N–H and O–H groups in total. The minimum Gasteiger partial charge on any atom is -0.454 e. The number of carbonyl (C=O) groups excluding carboxylic acids is 4. The summed E-state index contributed by atoms with van der Waals surface area (Å²) in [6, 6.07) is 4.30. The van der Waals surface area contributed by atoms with Gasteiger partial charge in [-0.05, 0) is 18.1 Å². The number of carbonyl (C=O) groups is 4. The van der Waals surface area contributed by atoms with Gasteiger partial charge in [0.1, 0.15) is 11.9 Å². The topological polar surface area (TPSA) is 114 Å². The van der Waals surface area contributed by atoms with Crippen LogP contribution in [0.25, 0.3) is 0 Å². The van der Waals surface area contributed by atoms with E-state index in [-0.39, 0.29) is 18.0 Å². The lowest BCUT2D eigenvalue weighted by molar-refractivity contribution is -0.151. The van der Waals surface area contributed by atoms with Crippen LogP contribution < -0.4 is 16.0 Å². The van der Waals surface area contributed by atoms with E-state index in [0.29, 0.717) is 0 Å². The average molecular weight is 367 g/mol. The molecule has 3 amide bonds. The smallest absolute Gasteiger partial charge is 0.329 e. The molecule has 0 aliphatic rings. The van der Waals surface area contributed by atoms with E-state index in [9.17, 15) is 23.6 Å². The second kappa shape index (κ2) is 10.1. The number of halogens is 1. The zero-order chi connectivity index (χ0) is 19.7. The van der Waals surface area contributed by atoms with Gasteiger partial charge in [0, 0.05) is 7.05 Å². The van der Waals surface area contributed by atoms with Crippen molar-refractivity contribution in [3.8, 4) is 0 Å². The van der Waals surface area contributed by atoms with Crippen molar-refractivity contribution in [2.45, 2.75) is 19.9 Å². The summed E-state index contributed by atoms with van der Waals surface area (Å²) in [7, 11) is 1.42. The average Bonchev–Trinajstić information content (AvgIpc) is 2.61. The van der Waals surface area contributed by atoms with Crippen LogP contribution in [-0.4, -0.2) is 49.9 Å². The molecule has 0 spiro atoms. The minimum atomic E-state index is -1.06. The van der Waals surface area contributed by atoms with E-state index in [1.807, 2.05) is 0 Å². The van der Waals surface area contributed by atoms with Gasteiger partial charge < -0.3 is 20.7 Å². The van der Waals surface area contributed by atoms with Gasteiger partial charge in [-0.1, -0.05) is 26.0 Å². The van der Waals surface area contributed by atoms with Gasteiger partial charge in [0.05, 0.1) is 12.1 Å². The molecule has 0 bridgehead atoms. The van der Waals surface area contributed by atoms with Crippen LogP contribution in [0.5, 0.6) is 0 Å². The Balaban J connectivity index is 2.62. The molecule has 0 unspecified atom stereocenters. The Labute approximate surface area is 150 Å². The van der Waals surface area contributed by atoms with Crippen LogP contribution in [0.15, 0.2) is 24.3 Å². The van der Waals surface area contributed by atoms with Gasteiger partial charge in [0.2, 0.25) is 5.91 Å². The summed E-state index contributed by atoms with van der Waals surface area (Å²) < 4.78 is 18.5. The van der Waals surface area contributed by atoms with Crippen molar-refractivity contribution >= 4 is 23.7 Å². The van der Waals surface area contributed by atoms with Crippen molar-refractivity contribution < 1.29 is 28.3 Å². The van der Waals surface area contributed by atoms with Crippen LogP contribution in [0, 0.1) is 11.7 Å². The molecule has 142 valence electrons. The molecule has 0 radical (unpaired) electrons. The molecule has 0 heterocycles. The van der Waals surface area contributed by atoms with Gasteiger partial charge in [0.25, 0.3) is 11.8 Å². The van der Waals surface area contributed by atoms with E-state index in [4.69, 9.17) is 4.74 Å². The summed E-state index contributed by atoms with van der Waals surface area (Å²) in [6.07, 6.45) is 0. The first-order valence-corrected chi connectivity index (χ1v) is 7.95. The van der Waals surface area contributed by atoms with E-state index in [1.54, 1.807) is 13.8 Å². The van der Waals surface area contributed by atoms with Gasteiger partial charge in [-0.3, -0.25) is 14.4 Å². The molecule has 0 saturated heterocycles. The molecule has 1 atom stereocenters. The van der Waals surface area contributed by atoms with Crippen molar-refractivity contribution in [2.24, 2.45) is 5.92 Å². The standard InChI is InChI=1S/C17H22FN3O5/c1-10(2)15(21-16(24)11-6-4-5-7-12(11)18)17(25)26-9-14(23)20-8-13(22)19-3/h4-7,10,15H,8-9H2,1-3H3,(H,19,22)(H,20,23)(H,21,24)/t15-/m0/s1. The molecular weight excluding hydrogens is 345 g/mol. The highest BCUT2D eigenvalue weighted by molar-refractivity contribution is 5.97. The molecule has 0 fully saturated rings. The maximum absolute atomic E-state index is 13.7. The Morgan fingerprint density at radius 1 is 1.12 bits per heavy atom. The first-order chi connectivity index (χ1) is 12.3. The molecule has 0 aliphatic heterocycles. The number of hydrogen-bond acceptors (Lipinski definition) is 5.